The molecule has 0 unspecified atom stereocenters. The molecule has 80 valence electrons. The van der Waals surface area contributed by atoms with E-state index in [4.69, 9.17) is 4.74 Å². The van der Waals surface area contributed by atoms with Gasteiger partial charge in [-0.1, -0.05) is 19.1 Å². The molecule has 1 heterocycles. The molecule has 0 amide bonds. The minimum atomic E-state index is 0.926. The molecule has 0 bridgehead atoms. The van der Waals surface area contributed by atoms with Gasteiger partial charge in [-0.25, -0.2) is 0 Å². The molecule has 0 aliphatic heterocycles. The predicted molar refractivity (Wildman–Crippen MR) is 66.5 cm³/mol. The summed E-state index contributed by atoms with van der Waals surface area (Å²) in [6.45, 7) is 2.16. The van der Waals surface area contributed by atoms with Gasteiger partial charge in [0.25, 0.3) is 0 Å². The monoisotopic (exact) mass is 267 g/mol. The van der Waals surface area contributed by atoms with Crippen molar-refractivity contribution in [1.82, 2.24) is 4.57 Å². The van der Waals surface area contributed by atoms with Crippen molar-refractivity contribution in [3.63, 3.8) is 0 Å². The van der Waals surface area contributed by atoms with Gasteiger partial charge in [-0.2, -0.15) is 0 Å². The molecule has 0 radical (unpaired) electrons. The van der Waals surface area contributed by atoms with Crippen LogP contribution in [0.1, 0.15) is 12.6 Å². The zero-order chi connectivity index (χ0) is 11.0. The SMILES string of the molecule is CCc1c(Br)c2cccc(OC)c2n1C. The fraction of sp³-hybridized carbons (Fsp3) is 0.333. The first kappa shape index (κ1) is 10.6. The molecule has 0 aliphatic rings. The summed E-state index contributed by atoms with van der Waals surface area (Å²) in [7, 11) is 3.79. The van der Waals surface area contributed by atoms with Gasteiger partial charge in [0.15, 0.2) is 0 Å². The second-order valence-corrected chi connectivity index (χ2v) is 4.32. The Balaban J connectivity index is 2.88. The van der Waals surface area contributed by atoms with Crippen LogP contribution in [0.5, 0.6) is 5.75 Å². The average Bonchev–Trinajstić information content (AvgIpc) is 2.51. The lowest BCUT2D eigenvalue weighted by atomic mass is 10.2. The summed E-state index contributed by atoms with van der Waals surface area (Å²) in [6, 6.07) is 6.13. The van der Waals surface area contributed by atoms with Gasteiger partial charge < -0.3 is 9.30 Å². The highest BCUT2D eigenvalue weighted by Crippen LogP contribution is 2.35. The Morgan fingerprint density at radius 1 is 1.40 bits per heavy atom. The van der Waals surface area contributed by atoms with Crippen LogP contribution in [0.15, 0.2) is 22.7 Å². The van der Waals surface area contributed by atoms with E-state index in [0.717, 1.165) is 17.7 Å². The highest BCUT2D eigenvalue weighted by Gasteiger charge is 2.14. The summed E-state index contributed by atoms with van der Waals surface area (Å²) in [5.74, 6) is 0.926. The number of aryl methyl sites for hydroxylation is 1. The van der Waals surface area contributed by atoms with Crippen LogP contribution >= 0.6 is 15.9 Å². The second kappa shape index (κ2) is 3.89. The van der Waals surface area contributed by atoms with Crippen molar-refractivity contribution in [2.24, 2.45) is 7.05 Å². The summed E-state index contributed by atoms with van der Waals surface area (Å²) >= 11 is 3.65. The summed E-state index contributed by atoms with van der Waals surface area (Å²) in [5, 5.41) is 1.22. The van der Waals surface area contributed by atoms with Crippen molar-refractivity contribution in [3.8, 4) is 5.75 Å². The molecule has 15 heavy (non-hydrogen) atoms. The lowest BCUT2D eigenvalue weighted by molar-refractivity contribution is 0.418. The third kappa shape index (κ3) is 1.46. The van der Waals surface area contributed by atoms with Gasteiger partial charge in [-0.3, -0.25) is 0 Å². The molecule has 0 saturated carbocycles. The predicted octanol–water partition coefficient (Wildman–Crippen LogP) is 3.51. The molecule has 0 saturated heterocycles. The highest BCUT2D eigenvalue weighted by molar-refractivity contribution is 9.10. The average molecular weight is 268 g/mol. The van der Waals surface area contributed by atoms with E-state index < -0.39 is 0 Å². The molecule has 1 aromatic heterocycles. The summed E-state index contributed by atoms with van der Waals surface area (Å²) < 4.78 is 8.75. The zero-order valence-electron chi connectivity index (χ0n) is 9.17. The standard InChI is InChI=1S/C12H14BrNO/c1-4-9-11(13)8-6-5-7-10(15-3)12(8)14(9)2/h5-7H,4H2,1-3H3. The second-order valence-electron chi connectivity index (χ2n) is 3.53. The molecule has 0 spiro atoms. The fourth-order valence-corrected chi connectivity index (χ4v) is 2.91. The molecular weight excluding hydrogens is 254 g/mol. The van der Waals surface area contributed by atoms with E-state index in [9.17, 15) is 0 Å². The van der Waals surface area contributed by atoms with Gasteiger partial charge in [-0.05, 0) is 28.4 Å². The summed E-state index contributed by atoms with van der Waals surface area (Å²) in [6.07, 6.45) is 1.01. The van der Waals surface area contributed by atoms with E-state index in [1.54, 1.807) is 7.11 Å². The largest absolute Gasteiger partial charge is 0.495 e. The molecule has 2 nitrogen and oxygen atoms in total. The Morgan fingerprint density at radius 3 is 2.73 bits per heavy atom. The van der Waals surface area contributed by atoms with Crippen LogP contribution in [0.25, 0.3) is 10.9 Å². The van der Waals surface area contributed by atoms with Crippen molar-refractivity contribution >= 4 is 26.8 Å². The first-order chi connectivity index (χ1) is 7.20. The lowest BCUT2D eigenvalue weighted by Gasteiger charge is -2.05. The van der Waals surface area contributed by atoms with Gasteiger partial charge in [0, 0.05) is 22.6 Å². The van der Waals surface area contributed by atoms with Crippen molar-refractivity contribution < 1.29 is 4.74 Å². The zero-order valence-corrected chi connectivity index (χ0v) is 10.8. The molecule has 2 aromatic rings. The molecule has 0 atom stereocenters. The van der Waals surface area contributed by atoms with Crippen molar-refractivity contribution in [2.45, 2.75) is 13.3 Å². The highest BCUT2D eigenvalue weighted by atomic mass is 79.9. The maximum Gasteiger partial charge on any atom is 0.143 e. The molecule has 3 heteroatoms. The van der Waals surface area contributed by atoms with Crippen LogP contribution in [-0.4, -0.2) is 11.7 Å². The van der Waals surface area contributed by atoms with Crippen LogP contribution in [0.2, 0.25) is 0 Å². The Labute approximate surface area is 98.0 Å². The number of benzene rings is 1. The van der Waals surface area contributed by atoms with E-state index in [1.165, 1.54) is 15.6 Å². The number of ether oxygens (including phenoxy) is 1. The van der Waals surface area contributed by atoms with E-state index >= 15 is 0 Å². The number of halogens is 1. The number of aromatic nitrogens is 1. The van der Waals surface area contributed by atoms with Crippen LogP contribution < -0.4 is 4.74 Å². The van der Waals surface area contributed by atoms with Gasteiger partial charge in [0.1, 0.15) is 5.75 Å². The van der Waals surface area contributed by atoms with E-state index in [1.807, 2.05) is 12.1 Å². The first-order valence-electron chi connectivity index (χ1n) is 5.00. The minimum absolute atomic E-state index is 0.926. The van der Waals surface area contributed by atoms with Crippen molar-refractivity contribution in [1.29, 1.82) is 0 Å². The number of rotatable bonds is 2. The molecule has 2 rings (SSSR count). The summed E-state index contributed by atoms with van der Waals surface area (Å²) in [4.78, 5) is 0. The van der Waals surface area contributed by atoms with Crippen molar-refractivity contribution in [2.75, 3.05) is 7.11 Å². The van der Waals surface area contributed by atoms with Crippen LogP contribution in [-0.2, 0) is 13.5 Å². The normalized spacial score (nSPS) is 10.9. The van der Waals surface area contributed by atoms with E-state index in [2.05, 4.69) is 40.5 Å². The Kier molecular flexibility index (Phi) is 2.74. The van der Waals surface area contributed by atoms with Crippen LogP contribution in [0.3, 0.4) is 0 Å². The van der Waals surface area contributed by atoms with Gasteiger partial charge in [-0.15, -0.1) is 0 Å². The van der Waals surface area contributed by atoms with E-state index in [-0.39, 0.29) is 0 Å². The maximum atomic E-state index is 5.38. The maximum absolute atomic E-state index is 5.38. The van der Waals surface area contributed by atoms with Gasteiger partial charge in [0.2, 0.25) is 0 Å². The number of hydrogen-bond acceptors (Lipinski definition) is 1. The molecule has 0 fully saturated rings. The number of fused-ring (bicyclic) bond motifs is 1. The molecular formula is C12H14BrNO. The first-order valence-corrected chi connectivity index (χ1v) is 5.79. The van der Waals surface area contributed by atoms with E-state index in [0.29, 0.717) is 0 Å². The van der Waals surface area contributed by atoms with Crippen LogP contribution in [0, 0.1) is 0 Å². The Morgan fingerprint density at radius 2 is 2.13 bits per heavy atom. The smallest absolute Gasteiger partial charge is 0.143 e. The van der Waals surface area contributed by atoms with Gasteiger partial charge >= 0.3 is 0 Å². The third-order valence-corrected chi connectivity index (χ3v) is 3.67. The number of methoxy groups -OCH3 is 1. The minimum Gasteiger partial charge on any atom is -0.495 e. The molecule has 1 aromatic carbocycles. The number of hydrogen-bond donors (Lipinski definition) is 0. The quantitative estimate of drug-likeness (QED) is 0.813. The Bertz CT molecular complexity index is 502. The molecule has 0 aliphatic carbocycles. The fourth-order valence-electron chi connectivity index (χ4n) is 2.04. The van der Waals surface area contributed by atoms with Crippen LogP contribution in [0.4, 0.5) is 0 Å². The van der Waals surface area contributed by atoms with Gasteiger partial charge in [0.05, 0.1) is 12.6 Å². The third-order valence-electron chi connectivity index (χ3n) is 2.78. The number of para-hydroxylation sites is 1. The van der Waals surface area contributed by atoms with Crippen molar-refractivity contribution in [3.05, 3.63) is 28.4 Å². The Hall–Kier alpha value is -0.960. The molecule has 0 N–H and O–H groups in total. The number of nitrogens with zero attached hydrogens (tertiary/aromatic N) is 1. The topological polar surface area (TPSA) is 14.2 Å². The summed E-state index contributed by atoms with van der Waals surface area (Å²) in [5.41, 5.74) is 2.46. The lowest BCUT2D eigenvalue weighted by Crippen LogP contribution is -1.96.